The minimum atomic E-state index is -0.725. The van der Waals surface area contributed by atoms with Gasteiger partial charge in [-0.05, 0) is 25.5 Å². The molecule has 0 N–H and O–H groups in total. The van der Waals surface area contributed by atoms with E-state index >= 15 is 0 Å². The minimum absolute atomic E-state index is 0.161. The Kier molecular flexibility index (Phi) is 2.74. The average molecular weight is 269 g/mol. The first-order valence-electron chi connectivity index (χ1n) is 6.50. The monoisotopic (exact) mass is 269 g/mol. The molecule has 0 saturated heterocycles. The number of hydrogen-bond donors (Lipinski definition) is 0. The van der Waals surface area contributed by atoms with Crippen molar-refractivity contribution in [3.05, 3.63) is 69.6 Å². The van der Waals surface area contributed by atoms with E-state index in [-0.39, 0.29) is 11.1 Å². The molecule has 1 aliphatic heterocycles. The van der Waals surface area contributed by atoms with Crippen molar-refractivity contribution >= 4 is 5.97 Å². The molecule has 2 aromatic rings. The van der Waals surface area contributed by atoms with E-state index in [0.29, 0.717) is 12.1 Å². The van der Waals surface area contributed by atoms with Crippen LogP contribution < -0.4 is 5.56 Å². The van der Waals surface area contributed by atoms with E-state index < -0.39 is 11.6 Å². The first-order chi connectivity index (χ1) is 9.49. The largest absolute Gasteiger partial charge is 0.451 e. The number of ether oxygens (including phenoxy) is 1. The summed E-state index contributed by atoms with van der Waals surface area (Å²) in [6.45, 7) is 4.02. The molecule has 0 fully saturated rings. The molecule has 2 heterocycles. The van der Waals surface area contributed by atoms with Gasteiger partial charge in [0.05, 0.1) is 6.54 Å². The fourth-order valence-electron chi connectivity index (χ4n) is 2.52. The molecule has 102 valence electrons. The number of esters is 1. The van der Waals surface area contributed by atoms with Crippen LogP contribution in [0.15, 0.2) is 47.4 Å². The minimum Gasteiger partial charge on any atom is -0.451 e. The molecule has 0 saturated carbocycles. The van der Waals surface area contributed by atoms with Crippen LogP contribution in [0, 0.1) is 0 Å². The van der Waals surface area contributed by atoms with Gasteiger partial charge in [-0.25, -0.2) is 4.79 Å². The van der Waals surface area contributed by atoms with Gasteiger partial charge in [0.1, 0.15) is 11.2 Å². The molecular weight excluding hydrogens is 254 g/mol. The molecule has 0 atom stereocenters. The molecular formula is C16H15NO3. The van der Waals surface area contributed by atoms with Crippen molar-refractivity contribution in [3.63, 3.8) is 0 Å². The third kappa shape index (κ3) is 1.93. The summed E-state index contributed by atoms with van der Waals surface area (Å²) in [4.78, 5) is 24.3. The van der Waals surface area contributed by atoms with Gasteiger partial charge in [-0.1, -0.05) is 30.3 Å². The number of fused-ring (bicyclic) bond motifs is 1. The van der Waals surface area contributed by atoms with Crippen LogP contribution in [-0.2, 0) is 16.9 Å². The van der Waals surface area contributed by atoms with Crippen molar-refractivity contribution in [1.29, 1.82) is 0 Å². The summed E-state index contributed by atoms with van der Waals surface area (Å²) in [5, 5.41) is 0. The predicted octanol–water partition coefficient (Wildman–Crippen LogP) is 2.30. The van der Waals surface area contributed by atoms with E-state index in [1.807, 2.05) is 30.3 Å². The lowest BCUT2D eigenvalue weighted by Gasteiger charge is -2.17. The Bertz CT molecular complexity index is 729. The molecule has 1 aliphatic rings. The van der Waals surface area contributed by atoms with Gasteiger partial charge in [-0.15, -0.1) is 0 Å². The van der Waals surface area contributed by atoms with Crippen LogP contribution in [0.5, 0.6) is 0 Å². The summed E-state index contributed by atoms with van der Waals surface area (Å²) in [7, 11) is 0. The molecule has 1 aromatic heterocycles. The molecule has 0 radical (unpaired) electrons. The first-order valence-corrected chi connectivity index (χ1v) is 6.50. The summed E-state index contributed by atoms with van der Waals surface area (Å²) in [5.74, 6) is -0.530. The highest BCUT2D eigenvalue weighted by Crippen LogP contribution is 2.33. The lowest BCUT2D eigenvalue weighted by molar-refractivity contribution is 0.00949. The quantitative estimate of drug-likeness (QED) is 0.786. The number of aromatic nitrogens is 1. The zero-order chi connectivity index (χ0) is 14.3. The fourth-order valence-corrected chi connectivity index (χ4v) is 2.52. The second-order valence-electron chi connectivity index (χ2n) is 5.42. The second-order valence-corrected chi connectivity index (χ2v) is 5.42. The van der Waals surface area contributed by atoms with Gasteiger partial charge in [0.2, 0.25) is 0 Å². The molecule has 0 amide bonds. The average Bonchev–Trinajstić information content (AvgIpc) is 2.64. The third-order valence-electron chi connectivity index (χ3n) is 3.56. The summed E-state index contributed by atoms with van der Waals surface area (Å²) < 4.78 is 6.79. The summed E-state index contributed by atoms with van der Waals surface area (Å²) >= 11 is 0. The van der Waals surface area contributed by atoms with E-state index in [9.17, 15) is 9.59 Å². The Morgan fingerprint density at radius 1 is 1.10 bits per heavy atom. The van der Waals surface area contributed by atoms with Gasteiger partial charge in [-0.2, -0.15) is 0 Å². The number of nitrogens with zero attached hydrogens (tertiary/aromatic N) is 1. The maximum atomic E-state index is 12.4. The maximum Gasteiger partial charge on any atom is 0.345 e. The van der Waals surface area contributed by atoms with Gasteiger partial charge in [0.15, 0.2) is 0 Å². The Morgan fingerprint density at radius 2 is 1.80 bits per heavy atom. The van der Waals surface area contributed by atoms with Crippen LogP contribution in [0.4, 0.5) is 0 Å². The van der Waals surface area contributed by atoms with Crippen molar-refractivity contribution < 1.29 is 9.53 Å². The number of hydrogen-bond acceptors (Lipinski definition) is 3. The molecule has 0 spiro atoms. The fraction of sp³-hybridized carbons (Fsp3) is 0.250. The zero-order valence-electron chi connectivity index (χ0n) is 11.4. The van der Waals surface area contributed by atoms with Crippen molar-refractivity contribution in [1.82, 2.24) is 4.57 Å². The van der Waals surface area contributed by atoms with Gasteiger partial charge >= 0.3 is 5.97 Å². The Labute approximate surface area is 116 Å². The second kappa shape index (κ2) is 4.34. The predicted molar refractivity (Wildman–Crippen MR) is 74.7 cm³/mol. The number of benzene rings is 1. The Morgan fingerprint density at radius 3 is 2.50 bits per heavy atom. The van der Waals surface area contributed by atoms with E-state index in [4.69, 9.17) is 4.74 Å². The molecule has 0 unspecified atom stereocenters. The van der Waals surface area contributed by atoms with Crippen LogP contribution in [0.25, 0.3) is 0 Å². The van der Waals surface area contributed by atoms with E-state index in [2.05, 4.69) is 0 Å². The Balaban J connectivity index is 2.07. The number of cyclic esters (lactones) is 1. The van der Waals surface area contributed by atoms with Crippen molar-refractivity contribution in [2.45, 2.75) is 26.0 Å². The SMILES string of the molecule is CC1(C)OC(=O)c2c1ccn(Cc1ccccc1)c2=O. The first kappa shape index (κ1) is 12.7. The van der Waals surface area contributed by atoms with E-state index in [1.54, 1.807) is 26.1 Å². The van der Waals surface area contributed by atoms with Gasteiger partial charge in [0.25, 0.3) is 5.56 Å². The lowest BCUT2D eigenvalue weighted by Crippen LogP contribution is -2.26. The highest BCUT2D eigenvalue weighted by Gasteiger charge is 2.40. The standard InChI is InChI=1S/C16H15NO3/c1-16(2)12-8-9-17(10-11-6-4-3-5-7-11)14(18)13(12)15(19)20-16/h3-9H,10H2,1-2H3. The molecule has 4 nitrogen and oxygen atoms in total. The normalized spacial score (nSPS) is 15.8. The Hall–Kier alpha value is -2.36. The third-order valence-corrected chi connectivity index (χ3v) is 3.56. The van der Waals surface area contributed by atoms with Crippen LogP contribution in [0.1, 0.15) is 35.3 Å². The summed E-state index contributed by atoms with van der Waals surface area (Å²) in [6.07, 6.45) is 1.72. The van der Waals surface area contributed by atoms with Gasteiger partial charge < -0.3 is 9.30 Å². The van der Waals surface area contributed by atoms with Crippen LogP contribution in [-0.4, -0.2) is 10.5 Å². The van der Waals surface area contributed by atoms with Crippen LogP contribution >= 0.6 is 0 Å². The number of carbonyl (C=O) groups excluding carboxylic acids is 1. The molecule has 3 rings (SSSR count). The van der Waals surface area contributed by atoms with Crippen molar-refractivity contribution in [2.24, 2.45) is 0 Å². The van der Waals surface area contributed by atoms with Gasteiger partial charge in [-0.3, -0.25) is 4.79 Å². The molecule has 0 aliphatic carbocycles. The number of carbonyl (C=O) groups is 1. The highest BCUT2D eigenvalue weighted by molar-refractivity contribution is 5.94. The number of rotatable bonds is 2. The maximum absolute atomic E-state index is 12.4. The zero-order valence-corrected chi connectivity index (χ0v) is 11.4. The lowest BCUT2D eigenvalue weighted by atomic mass is 9.97. The summed E-state index contributed by atoms with van der Waals surface area (Å²) in [5.41, 5.74) is 0.824. The van der Waals surface area contributed by atoms with Crippen LogP contribution in [0.3, 0.4) is 0 Å². The van der Waals surface area contributed by atoms with Crippen molar-refractivity contribution in [2.75, 3.05) is 0 Å². The van der Waals surface area contributed by atoms with Crippen molar-refractivity contribution in [3.8, 4) is 0 Å². The molecule has 0 bridgehead atoms. The van der Waals surface area contributed by atoms with E-state index in [0.717, 1.165) is 5.56 Å². The van der Waals surface area contributed by atoms with Gasteiger partial charge in [0, 0.05) is 11.8 Å². The molecule has 20 heavy (non-hydrogen) atoms. The smallest absolute Gasteiger partial charge is 0.345 e. The molecule has 1 aromatic carbocycles. The number of pyridine rings is 1. The molecule has 4 heteroatoms. The van der Waals surface area contributed by atoms with E-state index in [1.165, 1.54) is 4.57 Å². The van der Waals surface area contributed by atoms with Crippen LogP contribution in [0.2, 0.25) is 0 Å². The summed E-state index contributed by atoms with van der Waals surface area (Å²) in [6, 6.07) is 11.5. The highest BCUT2D eigenvalue weighted by atomic mass is 16.6. The topological polar surface area (TPSA) is 48.3 Å².